The number of aromatic amines is 2. The lowest BCUT2D eigenvalue weighted by Crippen LogP contribution is -2.30. The van der Waals surface area contributed by atoms with Crippen LogP contribution in [0.3, 0.4) is 0 Å². The molecule has 20 heavy (non-hydrogen) atoms. The molecule has 0 spiro atoms. The van der Waals surface area contributed by atoms with Crippen LogP contribution in [-0.2, 0) is 6.54 Å². The van der Waals surface area contributed by atoms with Crippen LogP contribution in [0, 0.1) is 0 Å². The van der Waals surface area contributed by atoms with Gasteiger partial charge in [-0.25, -0.2) is 9.78 Å². The van der Waals surface area contributed by atoms with Gasteiger partial charge in [-0.15, -0.1) is 0 Å². The van der Waals surface area contributed by atoms with Crippen molar-refractivity contribution in [2.24, 2.45) is 0 Å². The molecule has 0 radical (unpaired) electrons. The van der Waals surface area contributed by atoms with Gasteiger partial charge in [0, 0.05) is 6.54 Å². The molecule has 0 fully saturated rings. The molecule has 0 aliphatic rings. The number of nitrogens with zero attached hydrogens (tertiary/aromatic N) is 2. The largest absolute Gasteiger partial charge is 0.339 e. The Kier molecular flexibility index (Phi) is 5.15. The molecule has 2 aromatic heterocycles. The van der Waals surface area contributed by atoms with E-state index in [1.54, 1.807) is 4.57 Å². The van der Waals surface area contributed by atoms with E-state index in [1.807, 2.05) is 0 Å². The summed E-state index contributed by atoms with van der Waals surface area (Å²) in [6.07, 6.45) is 9.77. The van der Waals surface area contributed by atoms with Gasteiger partial charge in [-0.05, 0) is 6.42 Å². The average molecular weight is 278 g/mol. The summed E-state index contributed by atoms with van der Waals surface area (Å²) in [5.41, 5.74) is 0.0381. The second kappa shape index (κ2) is 7.07. The summed E-state index contributed by atoms with van der Waals surface area (Å²) in [7, 11) is 0. The molecule has 0 aromatic carbocycles. The molecule has 0 bridgehead atoms. The van der Waals surface area contributed by atoms with Crippen molar-refractivity contribution in [1.82, 2.24) is 19.5 Å². The van der Waals surface area contributed by atoms with Crippen molar-refractivity contribution in [2.75, 3.05) is 0 Å². The summed E-state index contributed by atoms with van der Waals surface area (Å²) in [5.74, 6) is 0. The minimum Gasteiger partial charge on any atom is -0.339 e. The van der Waals surface area contributed by atoms with E-state index in [1.165, 1.54) is 38.4 Å². The van der Waals surface area contributed by atoms with E-state index in [-0.39, 0.29) is 5.69 Å². The molecule has 6 nitrogen and oxygen atoms in total. The maximum absolute atomic E-state index is 11.8. The zero-order valence-corrected chi connectivity index (χ0v) is 11.9. The van der Waals surface area contributed by atoms with Crippen molar-refractivity contribution in [1.29, 1.82) is 0 Å². The third kappa shape index (κ3) is 3.37. The molecule has 0 aliphatic heterocycles. The molecule has 0 saturated carbocycles. The maximum atomic E-state index is 11.8. The maximum Gasteiger partial charge on any atom is 0.330 e. The first kappa shape index (κ1) is 14.6. The van der Waals surface area contributed by atoms with Gasteiger partial charge >= 0.3 is 5.69 Å². The lowest BCUT2D eigenvalue weighted by Gasteiger charge is -2.05. The van der Waals surface area contributed by atoms with Gasteiger partial charge in [-0.1, -0.05) is 45.4 Å². The second-order valence-corrected chi connectivity index (χ2v) is 5.13. The molecule has 2 N–H and O–H groups in total. The summed E-state index contributed by atoms with van der Waals surface area (Å²) in [5, 5.41) is 0. The van der Waals surface area contributed by atoms with Gasteiger partial charge in [0.2, 0.25) is 0 Å². The van der Waals surface area contributed by atoms with Crippen molar-refractivity contribution >= 4 is 11.2 Å². The summed E-state index contributed by atoms with van der Waals surface area (Å²) in [6.45, 7) is 2.81. The first-order valence-electron chi connectivity index (χ1n) is 7.40. The van der Waals surface area contributed by atoms with Gasteiger partial charge in [0.25, 0.3) is 5.56 Å². The monoisotopic (exact) mass is 278 g/mol. The van der Waals surface area contributed by atoms with Crippen LogP contribution in [0.5, 0.6) is 0 Å². The number of rotatable bonds is 8. The topological polar surface area (TPSA) is 83.5 Å². The van der Waals surface area contributed by atoms with Crippen LogP contribution in [0.25, 0.3) is 11.2 Å². The molecule has 110 valence electrons. The molecule has 0 aliphatic carbocycles. The van der Waals surface area contributed by atoms with E-state index in [4.69, 9.17) is 0 Å². The first-order valence-corrected chi connectivity index (χ1v) is 7.40. The van der Waals surface area contributed by atoms with E-state index in [0.29, 0.717) is 17.7 Å². The highest BCUT2D eigenvalue weighted by atomic mass is 16.2. The average Bonchev–Trinajstić information content (AvgIpc) is 2.90. The minimum absolute atomic E-state index is 0.368. The zero-order chi connectivity index (χ0) is 14.4. The fraction of sp³-hybridized carbons (Fsp3) is 0.643. The third-order valence-electron chi connectivity index (χ3n) is 3.55. The van der Waals surface area contributed by atoms with Gasteiger partial charge < -0.3 is 4.98 Å². The van der Waals surface area contributed by atoms with E-state index in [9.17, 15) is 9.59 Å². The normalized spacial score (nSPS) is 11.2. The number of fused-ring (bicyclic) bond motifs is 1. The Balaban J connectivity index is 1.92. The van der Waals surface area contributed by atoms with E-state index in [2.05, 4.69) is 21.9 Å². The van der Waals surface area contributed by atoms with Crippen molar-refractivity contribution < 1.29 is 0 Å². The van der Waals surface area contributed by atoms with Crippen LogP contribution in [0.1, 0.15) is 51.9 Å². The van der Waals surface area contributed by atoms with Crippen LogP contribution in [0.15, 0.2) is 15.9 Å². The number of aryl methyl sites for hydroxylation is 1. The first-order chi connectivity index (χ1) is 9.74. The summed E-state index contributed by atoms with van der Waals surface area (Å²) >= 11 is 0. The van der Waals surface area contributed by atoms with Gasteiger partial charge in [0.05, 0.1) is 6.33 Å². The fourth-order valence-corrected chi connectivity index (χ4v) is 2.42. The summed E-state index contributed by atoms with van der Waals surface area (Å²) in [6, 6.07) is 0. The molecule has 0 atom stereocenters. The fourth-order valence-electron chi connectivity index (χ4n) is 2.42. The number of hydrogen-bond donors (Lipinski definition) is 2. The van der Waals surface area contributed by atoms with Gasteiger partial charge in [-0.2, -0.15) is 0 Å². The Bertz CT molecular complexity index is 653. The van der Waals surface area contributed by atoms with Crippen LogP contribution < -0.4 is 11.2 Å². The molecule has 2 heterocycles. The molecule has 0 saturated heterocycles. The number of unbranched alkanes of at least 4 members (excludes halogenated alkanes) is 6. The molecule has 0 unspecified atom stereocenters. The minimum atomic E-state index is -0.404. The molecule has 2 rings (SSSR count). The van der Waals surface area contributed by atoms with E-state index in [0.717, 1.165) is 12.8 Å². The smallest absolute Gasteiger partial charge is 0.330 e. The Morgan fingerprint density at radius 2 is 1.80 bits per heavy atom. The van der Waals surface area contributed by atoms with Crippen LogP contribution in [-0.4, -0.2) is 19.5 Å². The van der Waals surface area contributed by atoms with Gasteiger partial charge in [-0.3, -0.25) is 14.3 Å². The number of aromatic nitrogens is 4. The summed E-state index contributed by atoms with van der Waals surface area (Å²) in [4.78, 5) is 32.5. The van der Waals surface area contributed by atoms with Crippen molar-refractivity contribution in [3.8, 4) is 0 Å². The lowest BCUT2D eigenvalue weighted by atomic mass is 10.1. The Labute approximate surface area is 117 Å². The van der Waals surface area contributed by atoms with Crippen molar-refractivity contribution in [3.05, 3.63) is 27.2 Å². The standard InChI is InChI=1S/C14H22N4O2/c1-2-3-4-5-6-7-8-9-18-12-11(15-10-16-12)13(19)17-14(18)20/h10H,2-9H2,1H3,(H,15,16)(H,17,19,20). The van der Waals surface area contributed by atoms with Crippen LogP contribution in [0.4, 0.5) is 0 Å². The van der Waals surface area contributed by atoms with Crippen molar-refractivity contribution in [2.45, 2.75) is 58.4 Å². The SMILES string of the molecule is CCCCCCCCCn1c(=O)[nH]c(=O)c2[nH]cnc21. The third-order valence-corrected chi connectivity index (χ3v) is 3.55. The number of hydrogen-bond acceptors (Lipinski definition) is 3. The molecular weight excluding hydrogens is 256 g/mol. The molecule has 2 aromatic rings. The molecule has 6 heteroatoms. The number of imidazole rings is 1. The van der Waals surface area contributed by atoms with Crippen LogP contribution in [0.2, 0.25) is 0 Å². The lowest BCUT2D eigenvalue weighted by molar-refractivity contribution is 0.544. The zero-order valence-electron chi connectivity index (χ0n) is 11.9. The Morgan fingerprint density at radius 1 is 1.10 bits per heavy atom. The summed E-state index contributed by atoms with van der Waals surface area (Å²) < 4.78 is 1.54. The predicted octanol–water partition coefficient (Wildman–Crippen LogP) is 2.16. The molecular formula is C14H22N4O2. The quantitative estimate of drug-likeness (QED) is 0.726. The Morgan fingerprint density at radius 3 is 2.55 bits per heavy atom. The van der Waals surface area contributed by atoms with E-state index >= 15 is 0 Å². The van der Waals surface area contributed by atoms with Gasteiger partial charge in [0.15, 0.2) is 5.65 Å². The Hall–Kier alpha value is -1.85. The van der Waals surface area contributed by atoms with Gasteiger partial charge in [0.1, 0.15) is 5.52 Å². The van der Waals surface area contributed by atoms with E-state index < -0.39 is 5.56 Å². The molecule has 0 amide bonds. The highest BCUT2D eigenvalue weighted by molar-refractivity contribution is 5.68. The predicted molar refractivity (Wildman–Crippen MR) is 79.0 cm³/mol. The highest BCUT2D eigenvalue weighted by Gasteiger charge is 2.08. The number of H-pyrrole nitrogens is 2. The van der Waals surface area contributed by atoms with Crippen molar-refractivity contribution in [3.63, 3.8) is 0 Å². The number of nitrogens with one attached hydrogen (secondary N) is 2. The van der Waals surface area contributed by atoms with Crippen LogP contribution >= 0.6 is 0 Å². The highest BCUT2D eigenvalue weighted by Crippen LogP contribution is 2.08. The second-order valence-electron chi connectivity index (χ2n) is 5.13.